The average molecular weight is 628 g/mol. The van der Waals surface area contributed by atoms with Gasteiger partial charge in [0, 0.05) is 38.5 Å². The third-order valence-electron chi connectivity index (χ3n) is 9.55. The number of rotatable bonds is 5. The smallest absolute Gasteiger partial charge is 0.227 e. The van der Waals surface area contributed by atoms with Crippen LogP contribution in [0.1, 0.15) is 0 Å². The van der Waals surface area contributed by atoms with E-state index in [1.807, 2.05) is 6.07 Å². The van der Waals surface area contributed by atoms with Crippen LogP contribution in [0.25, 0.3) is 71.6 Å². The summed E-state index contributed by atoms with van der Waals surface area (Å²) in [6.07, 6.45) is 0. The average Bonchev–Trinajstić information content (AvgIpc) is 3.76. The van der Waals surface area contributed by atoms with Crippen molar-refractivity contribution in [1.82, 2.24) is 9.55 Å². The van der Waals surface area contributed by atoms with E-state index in [4.69, 9.17) is 9.40 Å². The van der Waals surface area contributed by atoms with Crippen LogP contribution in [0.15, 0.2) is 180 Å². The maximum Gasteiger partial charge on any atom is 0.227 e. The Balaban J connectivity index is 1.27. The summed E-state index contributed by atoms with van der Waals surface area (Å²) < 4.78 is 9.13. The van der Waals surface area contributed by atoms with Crippen LogP contribution in [0.3, 0.4) is 0 Å². The topological polar surface area (TPSA) is 34.2 Å². The Morgan fingerprint density at radius 1 is 0.490 bits per heavy atom. The normalized spacial score (nSPS) is 11.7. The van der Waals surface area contributed by atoms with Crippen molar-refractivity contribution in [3.05, 3.63) is 176 Å². The predicted octanol–water partition coefficient (Wildman–Crippen LogP) is 12.4. The Bertz CT molecular complexity index is 2830. The highest BCUT2D eigenvalue weighted by molar-refractivity contribution is 6.22. The van der Waals surface area contributed by atoms with Gasteiger partial charge in [0.15, 0.2) is 5.58 Å². The summed E-state index contributed by atoms with van der Waals surface area (Å²) in [5.41, 5.74) is 9.05. The summed E-state index contributed by atoms with van der Waals surface area (Å²) in [5.74, 6) is 0.604. The molecule has 0 amide bonds. The number of aromatic nitrogens is 2. The summed E-state index contributed by atoms with van der Waals surface area (Å²) in [7, 11) is 0. The summed E-state index contributed by atoms with van der Waals surface area (Å²) in [6, 6.07) is 62.0. The zero-order chi connectivity index (χ0) is 32.3. The highest BCUT2D eigenvalue weighted by Gasteiger charge is 2.24. The molecular formula is C45H29N3O. The molecule has 0 atom stereocenters. The third kappa shape index (κ3) is 4.35. The van der Waals surface area contributed by atoms with E-state index in [9.17, 15) is 0 Å². The number of benzene rings is 8. The fourth-order valence-corrected chi connectivity index (χ4v) is 7.38. The lowest BCUT2D eigenvalue weighted by atomic mass is 10.0. The third-order valence-corrected chi connectivity index (χ3v) is 9.55. The first kappa shape index (κ1) is 27.5. The van der Waals surface area contributed by atoms with E-state index in [0.717, 1.165) is 50.2 Å². The minimum absolute atomic E-state index is 0.604. The maximum atomic E-state index is 6.73. The molecule has 230 valence electrons. The second-order valence-corrected chi connectivity index (χ2v) is 12.4. The minimum Gasteiger partial charge on any atom is -0.434 e. The summed E-state index contributed by atoms with van der Waals surface area (Å²) >= 11 is 0. The van der Waals surface area contributed by atoms with Crippen molar-refractivity contribution in [3.8, 4) is 17.1 Å². The molecule has 0 N–H and O–H groups in total. The number of nitrogens with zero attached hydrogens (tertiary/aromatic N) is 3. The molecule has 0 aliphatic rings. The largest absolute Gasteiger partial charge is 0.434 e. The highest BCUT2D eigenvalue weighted by Crippen LogP contribution is 2.47. The number of para-hydroxylation sites is 4. The van der Waals surface area contributed by atoms with E-state index < -0.39 is 0 Å². The lowest BCUT2D eigenvalue weighted by Crippen LogP contribution is -2.11. The second kappa shape index (κ2) is 11.0. The molecule has 8 aromatic carbocycles. The van der Waals surface area contributed by atoms with Crippen LogP contribution in [0, 0.1) is 0 Å². The maximum absolute atomic E-state index is 6.73. The van der Waals surface area contributed by atoms with E-state index in [0.29, 0.717) is 5.89 Å². The van der Waals surface area contributed by atoms with Crippen molar-refractivity contribution >= 4 is 71.5 Å². The van der Waals surface area contributed by atoms with Crippen molar-refractivity contribution in [2.75, 3.05) is 4.90 Å². The first-order valence-corrected chi connectivity index (χ1v) is 16.6. The molecule has 0 fully saturated rings. The van der Waals surface area contributed by atoms with E-state index in [2.05, 4.69) is 179 Å². The van der Waals surface area contributed by atoms with Crippen molar-refractivity contribution in [3.63, 3.8) is 0 Å². The molecule has 10 rings (SSSR count). The number of oxazole rings is 1. The van der Waals surface area contributed by atoms with Crippen LogP contribution in [-0.2, 0) is 0 Å². The van der Waals surface area contributed by atoms with Gasteiger partial charge in [-0.2, -0.15) is 0 Å². The molecular weight excluding hydrogens is 599 g/mol. The van der Waals surface area contributed by atoms with Crippen molar-refractivity contribution in [1.29, 1.82) is 0 Å². The van der Waals surface area contributed by atoms with Gasteiger partial charge in [0.25, 0.3) is 0 Å². The van der Waals surface area contributed by atoms with Gasteiger partial charge < -0.3 is 13.9 Å². The van der Waals surface area contributed by atoms with Gasteiger partial charge in [0.1, 0.15) is 5.52 Å². The Morgan fingerprint density at radius 3 is 2.02 bits per heavy atom. The fraction of sp³-hybridized carbons (Fsp3) is 0. The van der Waals surface area contributed by atoms with Crippen LogP contribution in [0.5, 0.6) is 0 Å². The van der Waals surface area contributed by atoms with E-state index in [-0.39, 0.29) is 0 Å². The van der Waals surface area contributed by atoms with Gasteiger partial charge in [0.05, 0.1) is 22.4 Å². The molecule has 0 unspecified atom stereocenters. The van der Waals surface area contributed by atoms with Crippen LogP contribution in [-0.4, -0.2) is 9.55 Å². The van der Waals surface area contributed by atoms with Crippen LogP contribution in [0.4, 0.5) is 17.1 Å². The molecule has 10 aromatic rings. The zero-order valence-corrected chi connectivity index (χ0v) is 26.5. The number of anilines is 3. The molecule has 0 radical (unpaired) electrons. The van der Waals surface area contributed by atoms with Crippen molar-refractivity contribution in [2.24, 2.45) is 0 Å². The Morgan fingerprint density at radius 2 is 1.18 bits per heavy atom. The summed E-state index contributed by atoms with van der Waals surface area (Å²) in [5, 5.41) is 7.06. The molecule has 2 heterocycles. The van der Waals surface area contributed by atoms with Crippen LogP contribution in [0.2, 0.25) is 0 Å². The predicted molar refractivity (Wildman–Crippen MR) is 203 cm³/mol. The first-order chi connectivity index (χ1) is 24.3. The molecule has 0 aliphatic heterocycles. The van der Waals surface area contributed by atoms with Gasteiger partial charge in [-0.25, -0.2) is 4.98 Å². The summed E-state index contributed by atoms with van der Waals surface area (Å²) in [6.45, 7) is 0. The quantitative estimate of drug-likeness (QED) is 0.190. The molecule has 0 saturated heterocycles. The van der Waals surface area contributed by atoms with Gasteiger partial charge in [-0.3, -0.25) is 0 Å². The molecule has 4 heteroatoms. The van der Waals surface area contributed by atoms with Gasteiger partial charge in [-0.1, -0.05) is 115 Å². The van der Waals surface area contributed by atoms with E-state index >= 15 is 0 Å². The standard InChI is InChI=1S/C45H29N3O/c1-3-16-33(17-4-1)47(41-25-13-23-39-44(41)49-45(46-39)32-27-26-30-14-7-8-15-31(30)28-32)42-29-38-36-21-11-12-24-40(36)48(34-18-5-2-6-19-34)43(38)37-22-10-9-20-35(37)42/h1-29H. The fourth-order valence-electron chi connectivity index (χ4n) is 7.38. The molecule has 4 nitrogen and oxygen atoms in total. The zero-order valence-electron chi connectivity index (χ0n) is 26.5. The number of hydrogen-bond donors (Lipinski definition) is 0. The molecule has 0 bridgehead atoms. The van der Waals surface area contributed by atoms with Gasteiger partial charge in [-0.05, 0) is 71.4 Å². The van der Waals surface area contributed by atoms with Crippen molar-refractivity contribution in [2.45, 2.75) is 0 Å². The first-order valence-electron chi connectivity index (χ1n) is 16.6. The molecule has 0 saturated carbocycles. The monoisotopic (exact) mass is 627 g/mol. The van der Waals surface area contributed by atoms with E-state index in [1.54, 1.807) is 0 Å². The Kier molecular flexibility index (Phi) is 6.15. The molecule has 0 spiro atoms. The minimum atomic E-state index is 0.604. The van der Waals surface area contributed by atoms with Crippen LogP contribution < -0.4 is 4.90 Å². The van der Waals surface area contributed by atoms with E-state index in [1.165, 1.54) is 32.6 Å². The SMILES string of the molecule is c1ccc(N(c2cc3c4ccccc4n(-c4ccccc4)c3c3ccccc23)c2cccc3nc(-c4ccc5ccccc5c4)oc23)cc1. The molecule has 49 heavy (non-hydrogen) atoms. The molecule has 2 aromatic heterocycles. The summed E-state index contributed by atoms with van der Waals surface area (Å²) in [4.78, 5) is 7.34. The lowest BCUT2D eigenvalue weighted by molar-refractivity contribution is 0.620. The number of fused-ring (bicyclic) bond motifs is 7. The Hall–Kier alpha value is -6.65. The Labute approximate surface area is 282 Å². The van der Waals surface area contributed by atoms with Crippen LogP contribution >= 0.6 is 0 Å². The van der Waals surface area contributed by atoms with Gasteiger partial charge in [0.2, 0.25) is 5.89 Å². The van der Waals surface area contributed by atoms with Crippen molar-refractivity contribution < 1.29 is 4.42 Å². The number of hydrogen-bond acceptors (Lipinski definition) is 3. The van der Waals surface area contributed by atoms with Gasteiger partial charge >= 0.3 is 0 Å². The highest BCUT2D eigenvalue weighted by atomic mass is 16.3. The molecule has 0 aliphatic carbocycles. The van der Waals surface area contributed by atoms with Gasteiger partial charge in [-0.15, -0.1) is 0 Å². The lowest BCUT2D eigenvalue weighted by Gasteiger charge is -2.27. The second-order valence-electron chi connectivity index (χ2n) is 12.4.